The van der Waals surface area contributed by atoms with E-state index in [1.54, 1.807) is 17.3 Å². The Hall–Kier alpha value is -2.82. The molecule has 146 valence electrons. The molecule has 0 bridgehead atoms. The van der Waals surface area contributed by atoms with E-state index >= 15 is 0 Å². The predicted molar refractivity (Wildman–Crippen MR) is 91.9 cm³/mol. The molecule has 0 radical (unpaired) electrons. The topological polar surface area (TPSA) is 102 Å². The monoisotopic (exact) mass is 384 g/mol. The molecule has 1 aliphatic heterocycles. The van der Waals surface area contributed by atoms with Crippen LogP contribution in [0.1, 0.15) is 16.8 Å². The molecule has 0 spiro atoms. The van der Waals surface area contributed by atoms with Gasteiger partial charge in [-0.2, -0.15) is 13.2 Å². The summed E-state index contributed by atoms with van der Waals surface area (Å²) >= 11 is 0. The van der Waals surface area contributed by atoms with Crippen molar-refractivity contribution in [2.75, 3.05) is 32.1 Å². The molecule has 3 heterocycles. The van der Waals surface area contributed by atoms with Gasteiger partial charge in [-0.3, -0.25) is 9.59 Å². The van der Waals surface area contributed by atoms with E-state index < -0.39 is 24.5 Å². The van der Waals surface area contributed by atoms with Crippen LogP contribution in [0.3, 0.4) is 0 Å². The Morgan fingerprint density at radius 1 is 1.41 bits per heavy atom. The number of hydrogen-bond donors (Lipinski definition) is 4. The normalized spacial score (nSPS) is 17.9. The number of amides is 2. The zero-order valence-corrected chi connectivity index (χ0v) is 14.5. The molecule has 1 saturated heterocycles. The molecular weight excluding hydrogens is 365 g/mol. The lowest BCUT2D eigenvalue weighted by atomic mass is 10.1. The van der Waals surface area contributed by atoms with E-state index in [9.17, 15) is 22.8 Å². The van der Waals surface area contributed by atoms with Crippen molar-refractivity contribution < 1.29 is 22.8 Å². The van der Waals surface area contributed by atoms with Gasteiger partial charge in [0.1, 0.15) is 12.2 Å². The fourth-order valence-corrected chi connectivity index (χ4v) is 3.00. The van der Waals surface area contributed by atoms with Gasteiger partial charge in [0.25, 0.3) is 5.91 Å². The van der Waals surface area contributed by atoms with Gasteiger partial charge in [0.15, 0.2) is 0 Å². The molecule has 2 aromatic heterocycles. The number of H-pyrrole nitrogens is 1. The molecule has 27 heavy (non-hydrogen) atoms. The van der Waals surface area contributed by atoms with Crippen molar-refractivity contribution in [2.45, 2.75) is 12.6 Å². The number of pyridine rings is 1. The maximum Gasteiger partial charge on any atom is 0.405 e. The zero-order chi connectivity index (χ0) is 19.6. The van der Waals surface area contributed by atoms with Crippen molar-refractivity contribution >= 4 is 28.5 Å². The summed E-state index contributed by atoms with van der Waals surface area (Å²) in [5.41, 5.74) is 4.56. The minimum absolute atomic E-state index is 0.227. The summed E-state index contributed by atoms with van der Waals surface area (Å²) in [5, 5.41) is 6.87. The third kappa shape index (κ3) is 4.30. The van der Waals surface area contributed by atoms with Crippen LogP contribution >= 0.6 is 0 Å². The van der Waals surface area contributed by atoms with E-state index in [0.29, 0.717) is 35.2 Å². The highest BCUT2D eigenvalue weighted by molar-refractivity contribution is 6.06. The lowest BCUT2D eigenvalue weighted by Gasteiger charge is -2.21. The van der Waals surface area contributed by atoms with E-state index in [2.05, 4.69) is 20.7 Å². The van der Waals surface area contributed by atoms with Gasteiger partial charge >= 0.3 is 6.18 Å². The predicted octanol–water partition coefficient (Wildman–Crippen LogP) is 1.25. The smallest absolute Gasteiger partial charge is 0.355 e. The SMILES string of the molecule is CNC(=O)c1cnc2[nH]ccc2c1NN1CC[C@H](C(=O)NCC(F)(F)F)C1. The minimum atomic E-state index is -4.44. The summed E-state index contributed by atoms with van der Waals surface area (Å²) < 4.78 is 36.8. The quantitative estimate of drug-likeness (QED) is 0.622. The lowest BCUT2D eigenvalue weighted by Crippen LogP contribution is -2.39. The molecule has 4 N–H and O–H groups in total. The molecule has 2 amide bonds. The number of halogens is 3. The largest absolute Gasteiger partial charge is 0.405 e. The molecule has 0 aliphatic carbocycles. The van der Waals surface area contributed by atoms with Crippen LogP contribution in [-0.4, -0.2) is 59.6 Å². The first-order valence-corrected chi connectivity index (χ1v) is 8.32. The number of aromatic amines is 1. The second-order valence-corrected chi connectivity index (χ2v) is 6.24. The highest BCUT2D eigenvalue weighted by Crippen LogP contribution is 2.28. The lowest BCUT2D eigenvalue weighted by molar-refractivity contribution is -0.140. The Bertz CT molecular complexity index is 850. The van der Waals surface area contributed by atoms with Crippen LogP contribution < -0.4 is 16.1 Å². The van der Waals surface area contributed by atoms with Crippen LogP contribution in [0.25, 0.3) is 11.0 Å². The van der Waals surface area contributed by atoms with E-state index in [0.717, 1.165) is 0 Å². The Kier molecular flexibility index (Phi) is 5.22. The molecule has 2 aromatic rings. The van der Waals surface area contributed by atoms with Crippen LogP contribution in [-0.2, 0) is 4.79 Å². The Morgan fingerprint density at radius 2 is 2.19 bits per heavy atom. The van der Waals surface area contributed by atoms with Gasteiger partial charge in [-0.25, -0.2) is 9.99 Å². The second kappa shape index (κ2) is 7.43. The molecule has 1 aliphatic rings. The summed E-state index contributed by atoms with van der Waals surface area (Å²) in [7, 11) is 1.50. The maximum absolute atomic E-state index is 12.3. The van der Waals surface area contributed by atoms with Gasteiger partial charge < -0.3 is 21.0 Å². The van der Waals surface area contributed by atoms with Crippen LogP contribution in [0.2, 0.25) is 0 Å². The maximum atomic E-state index is 12.3. The molecule has 0 saturated carbocycles. The molecule has 8 nitrogen and oxygen atoms in total. The number of nitrogens with one attached hydrogen (secondary N) is 4. The first kappa shape index (κ1) is 19.0. The number of rotatable bonds is 5. The van der Waals surface area contributed by atoms with E-state index in [1.165, 1.54) is 13.2 Å². The third-order valence-electron chi connectivity index (χ3n) is 4.35. The van der Waals surface area contributed by atoms with Gasteiger partial charge in [0, 0.05) is 37.9 Å². The van der Waals surface area contributed by atoms with Crippen molar-refractivity contribution in [3.63, 3.8) is 0 Å². The van der Waals surface area contributed by atoms with Crippen LogP contribution in [0.5, 0.6) is 0 Å². The summed E-state index contributed by atoms with van der Waals surface area (Å²) in [4.78, 5) is 31.2. The Labute approximate surface area is 152 Å². The first-order chi connectivity index (χ1) is 12.8. The van der Waals surface area contributed by atoms with Crippen molar-refractivity contribution in [1.82, 2.24) is 25.6 Å². The minimum Gasteiger partial charge on any atom is -0.355 e. The average molecular weight is 384 g/mol. The van der Waals surface area contributed by atoms with E-state index in [4.69, 9.17) is 0 Å². The summed E-state index contributed by atoms with van der Waals surface area (Å²) in [6.45, 7) is -0.665. The van der Waals surface area contributed by atoms with Gasteiger partial charge in [-0.15, -0.1) is 0 Å². The first-order valence-electron chi connectivity index (χ1n) is 8.32. The van der Waals surface area contributed by atoms with Crippen LogP contribution in [0.4, 0.5) is 18.9 Å². The van der Waals surface area contributed by atoms with E-state index in [-0.39, 0.29) is 12.5 Å². The molecule has 0 aromatic carbocycles. The summed E-state index contributed by atoms with van der Waals surface area (Å²) in [6.07, 6.45) is -0.906. The molecule has 0 unspecified atom stereocenters. The molecule has 1 fully saturated rings. The number of hydrogen-bond acceptors (Lipinski definition) is 5. The summed E-state index contributed by atoms with van der Waals surface area (Å²) in [5.74, 6) is -1.52. The van der Waals surface area contributed by atoms with Gasteiger partial charge in [0.05, 0.1) is 17.2 Å². The Morgan fingerprint density at radius 3 is 2.89 bits per heavy atom. The van der Waals surface area contributed by atoms with E-state index in [1.807, 2.05) is 5.32 Å². The number of anilines is 1. The average Bonchev–Trinajstić information content (AvgIpc) is 3.28. The highest BCUT2D eigenvalue weighted by atomic mass is 19.4. The number of alkyl halides is 3. The molecule has 1 atom stereocenters. The standard InChI is InChI=1S/C16H19F3N6O2/c1-20-15(27)11-6-22-13-10(2-4-21-13)12(11)24-25-5-3-9(7-25)14(26)23-8-16(17,18)19/h2,4,6,9H,3,5,7-8H2,1H3,(H,20,27)(H,23,26)(H2,21,22,24)/t9-/m0/s1. The third-order valence-corrected chi connectivity index (χ3v) is 4.35. The van der Waals surface area contributed by atoms with Crippen molar-refractivity contribution in [3.8, 4) is 0 Å². The zero-order valence-electron chi connectivity index (χ0n) is 14.5. The van der Waals surface area contributed by atoms with Crippen LogP contribution in [0, 0.1) is 5.92 Å². The molecule has 3 rings (SSSR count). The fourth-order valence-electron chi connectivity index (χ4n) is 3.00. The number of aromatic nitrogens is 2. The molecule has 11 heteroatoms. The second-order valence-electron chi connectivity index (χ2n) is 6.24. The number of hydrazine groups is 1. The van der Waals surface area contributed by atoms with Gasteiger partial charge in [-0.1, -0.05) is 0 Å². The fraction of sp³-hybridized carbons (Fsp3) is 0.438. The number of fused-ring (bicyclic) bond motifs is 1. The summed E-state index contributed by atoms with van der Waals surface area (Å²) in [6, 6.07) is 1.76. The highest BCUT2D eigenvalue weighted by Gasteiger charge is 2.33. The Balaban J connectivity index is 1.72. The van der Waals surface area contributed by atoms with Crippen molar-refractivity contribution in [3.05, 3.63) is 24.0 Å². The van der Waals surface area contributed by atoms with Crippen LogP contribution in [0.15, 0.2) is 18.5 Å². The van der Waals surface area contributed by atoms with Crippen molar-refractivity contribution in [1.29, 1.82) is 0 Å². The van der Waals surface area contributed by atoms with Gasteiger partial charge in [-0.05, 0) is 12.5 Å². The molecular formula is C16H19F3N6O2. The number of carbonyl (C=O) groups is 2. The number of carbonyl (C=O) groups excluding carboxylic acids is 2. The van der Waals surface area contributed by atoms with Crippen molar-refractivity contribution in [2.24, 2.45) is 5.92 Å². The number of nitrogens with zero attached hydrogens (tertiary/aromatic N) is 2. The van der Waals surface area contributed by atoms with Gasteiger partial charge in [0.2, 0.25) is 5.91 Å².